The maximum absolute atomic E-state index is 12.0. The molecule has 1 aromatic carbocycles. The Bertz CT molecular complexity index is 441. The first kappa shape index (κ1) is 14.7. The zero-order chi connectivity index (χ0) is 13.9. The molecule has 1 amide bonds. The van der Waals surface area contributed by atoms with Crippen molar-refractivity contribution in [2.75, 3.05) is 23.9 Å². The van der Waals surface area contributed by atoms with E-state index in [4.69, 9.17) is 10.5 Å². The molecule has 18 heavy (non-hydrogen) atoms. The van der Waals surface area contributed by atoms with Gasteiger partial charge in [-0.3, -0.25) is 4.90 Å². The van der Waals surface area contributed by atoms with Crippen molar-refractivity contribution in [3.8, 4) is 0 Å². The fraction of sp³-hybridized carbons (Fsp3) is 0.462. The van der Waals surface area contributed by atoms with Crippen molar-refractivity contribution < 1.29 is 9.53 Å². The Kier molecular flexibility index (Phi) is 4.51. The molecule has 0 saturated heterocycles. The predicted octanol–water partition coefficient (Wildman–Crippen LogP) is 3.36. The van der Waals surface area contributed by atoms with Crippen molar-refractivity contribution in [1.82, 2.24) is 0 Å². The molecule has 0 heterocycles. The molecule has 0 aliphatic heterocycles. The molecule has 1 rings (SSSR count). The number of carbonyl (C=O) groups excluding carboxylic acids is 1. The Balaban J connectivity index is 2.96. The zero-order valence-corrected chi connectivity index (χ0v) is 12.3. The van der Waals surface area contributed by atoms with E-state index < -0.39 is 11.7 Å². The first-order chi connectivity index (χ1) is 8.24. The lowest BCUT2D eigenvalue weighted by atomic mass is 10.2. The number of amides is 1. The summed E-state index contributed by atoms with van der Waals surface area (Å²) in [6, 6.07) is 5.60. The Hall–Kier alpha value is -1.36. The summed E-state index contributed by atoms with van der Waals surface area (Å²) in [5.74, 6) is 0. The largest absolute Gasteiger partial charge is 0.443 e. The lowest BCUT2D eigenvalue weighted by Crippen LogP contribution is -2.34. The van der Waals surface area contributed by atoms with Gasteiger partial charge in [-0.05, 0) is 45.2 Å². The summed E-state index contributed by atoms with van der Waals surface area (Å²) >= 11 is 1.60. The highest BCUT2D eigenvalue weighted by Gasteiger charge is 2.21. The van der Waals surface area contributed by atoms with Crippen LogP contribution in [0.2, 0.25) is 0 Å². The Labute approximate surface area is 112 Å². The number of thioether (sulfide) groups is 1. The number of nitrogens with two attached hydrogens (primary N) is 1. The summed E-state index contributed by atoms with van der Waals surface area (Å²) in [4.78, 5) is 14.4. The van der Waals surface area contributed by atoms with Crippen molar-refractivity contribution in [3.05, 3.63) is 18.2 Å². The van der Waals surface area contributed by atoms with Gasteiger partial charge in [0.05, 0.1) is 11.4 Å². The van der Waals surface area contributed by atoms with Crippen LogP contribution in [0, 0.1) is 0 Å². The second-order valence-electron chi connectivity index (χ2n) is 4.96. The molecule has 4 nitrogen and oxygen atoms in total. The quantitative estimate of drug-likeness (QED) is 0.660. The molecule has 5 heteroatoms. The van der Waals surface area contributed by atoms with Crippen LogP contribution < -0.4 is 10.6 Å². The van der Waals surface area contributed by atoms with Crippen LogP contribution in [-0.2, 0) is 4.74 Å². The molecule has 0 radical (unpaired) electrons. The van der Waals surface area contributed by atoms with Crippen molar-refractivity contribution in [2.24, 2.45) is 0 Å². The highest BCUT2D eigenvalue weighted by atomic mass is 32.2. The maximum atomic E-state index is 12.0. The number of ether oxygens (including phenoxy) is 1. The fourth-order valence-electron chi connectivity index (χ4n) is 1.37. The van der Waals surface area contributed by atoms with Gasteiger partial charge < -0.3 is 10.5 Å². The van der Waals surface area contributed by atoms with Gasteiger partial charge in [-0.2, -0.15) is 0 Å². The number of nitrogens with zero attached hydrogens (tertiary/aromatic N) is 1. The number of carbonyl (C=O) groups is 1. The summed E-state index contributed by atoms with van der Waals surface area (Å²) in [5.41, 5.74) is 6.59. The molecule has 100 valence electrons. The van der Waals surface area contributed by atoms with E-state index >= 15 is 0 Å². The SMILES string of the molecule is CSc1ccc(N)c(N(C)C(=O)OC(C)(C)C)c1. The molecule has 0 fully saturated rings. The Morgan fingerprint density at radius 3 is 2.50 bits per heavy atom. The molecule has 0 aromatic heterocycles. The zero-order valence-electron chi connectivity index (χ0n) is 11.5. The Morgan fingerprint density at radius 2 is 2.00 bits per heavy atom. The van der Waals surface area contributed by atoms with Crippen molar-refractivity contribution in [2.45, 2.75) is 31.3 Å². The van der Waals surface area contributed by atoms with Crippen LogP contribution in [-0.4, -0.2) is 25.0 Å². The standard InChI is InChI=1S/C13H20N2O2S/c1-13(2,3)17-12(16)15(4)11-8-9(18-5)6-7-10(11)14/h6-8H,14H2,1-5H3. The fourth-order valence-corrected chi connectivity index (χ4v) is 1.80. The minimum atomic E-state index is -0.517. The van der Waals surface area contributed by atoms with Crippen LogP contribution in [0.1, 0.15) is 20.8 Å². The average Bonchev–Trinajstić information content (AvgIpc) is 2.26. The first-order valence-corrected chi connectivity index (χ1v) is 6.87. The highest BCUT2D eigenvalue weighted by Crippen LogP contribution is 2.28. The van der Waals surface area contributed by atoms with E-state index in [-0.39, 0.29) is 0 Å². The summed E-state index contributed by atoms with van der Waals surface area (Å²) < 4.78 is 5.31. The normalized spacial score (nSPS) is 11.2. The van der Waals surface area contributed by atoms with Gasteiger partial charge in [0.25, 0.3) is 0 Å². The number of hydrogen-bond acceptors (Lipinski definition) is 4. The van der Waals surface area contributed by atoms with Crippen LogP contribution >= 0.6 is 11.8 Å². The average molecular weight is 268 g/mol. The lowest BCUT2D eigenvalue weighted by Gasteiger charge is -2.25. The molecule has 0 aliphatic rings. The van der Waals surface area contributed by atoms with Gasteiger partial charge in [-0.15, -0.1) is 11.8 Å². The molecule has 0 spiro atoms. The van der Waals surface area contributed by atoms with E-state index in [0.29, 0.717) is 11.4 Å². The van der Waals surface area contributed by atoms with Crippen molar-refractivity contribution in [3.63, 3.8) is 0 Å². The van der Waals surface area contributed by atoms with E-state index in [1.54, 1.807) is 24.9 Å². The molecule has 0 atom stereocenters. The molecule has 0 unspecified atom stereocenters. The first-order valence-electron chi connectivity index (χ1n) is 5.65. The van der Waals surface area contributed by atoms with Gasteiger partial charge in [0.15, 0.2) is 0 Å². The molecular formula is C13H20N2O2S. The van der Waals surface area contributed by atoms with E-state index in [2.05, 4.69) is 0 Å². The molecule has 0 aliphatic carbocycles. The summed E-state index contributed by atoms with van der Waals surface area (Å²) in [7, 11) is 1.66. The van der Waals surface area contributed by atoms with E-state index in [1.165, 1.54) is 4.90 Å². The molecular weight excluding hydrogens is 248 g/mol. The van der Waals surface area contributed by atoms with Gasteiger partial charge in [-0.25, -0.2) is 4.79 Å². The third-order valence-electron chi connectivity index (χ3n) is 2.27. The minimum absolute atomic E-state index is 0.410. The molecule has 2 N–H and O–H groups in total. The summed E-state index contributed by atoms with van der Waals surface area (Å²) in [6.07, 6.45) is 1.57. The van der Waals surface area contributed by atoms with Crippen molar-refractivity contribution >= 4 is 29.2 Å². The maximum Gasteiger partial charge on any atom is 0.414 e. The second-order valence-corrected chi connectivity index (χ2v) is 5.84. The topological polar surface area (TPSA) is 55.6 Å². The van der Waals surface area contributed by atoms with Crippen LogP contribution in [0.25, 0.3) is 0 Å². The van der Waals surface area contributed by atoms with E-state index in [0.717, 1.165) is 4.90 Å². The predicted molar refractivity (Wildman–Crippen MR) is 77.3 cm³/mol. The Morgan fingerprint density at radius 1 is 1.39 bits per heavy atom. The minimum Gasteiger partial charge on any atom is -0.443 e. The van der Waals surface area contributed by atoms with Gasteiger partial charge >= 0.3 is 6.09 Å². The van der Waals surface area contributed by atoms with Crippen LogP contribution in [0.4, 0.5) is 16.2 Å². The monoisotopic (exact) mass is 268 g/mol. The number of anilines is 2. The number of benzene rings is 1. The van der Waals surface area contributed by atoms with Crippen LogP contribution in [0.5, 0.6) is 0 Å². The van der Waals surface area contributed by atoms with Gasteiger partial charge in [0, 0.05) is 11.9 Å². The second kappa shape index (κ2) is 5.52. The lowest BCUT2D eigenvalue weighted by molar-refractivity contribution is 0.0589. The number of nitrogen functional groups attached to an aromatic ring is 1. The van der Waals surface area contributed by atoms with Crippen molar-refractivity contribution in [1.29, 1.82) is 0 Å². The highest BCUT2D eigenvalue weighted by molar-refractivity contribution is 7.98. The summed E-state index contributed by atoms with van der Waals surface area (Å²) in [5, 5.41) is 0. The molecule has 0 bridgehead atoms. The third kappa shape index (κ3) is 3.84. The van der Waals surface area contributed by atoms with E-state index in [9.17, 15) is 4.79 Å². The van der Waals surface area contributed by atoms with Crippen LogP contribution in [0.15, 0.2) is 23.1 Å². The molecule has 0 saturated carbocycles. The van der Waals surface area contributed by atoms with Gasteiger partial charge in [-0.1, -0.05) is 0 Å². The smallest absolute Gasteiger partial charge is 0.414 e. The van der Waals surface area contributed by atoms with Crippen LogP contribution in [0.3, 0.4) is 0 Å². The van der Waals surface area contributed by atoms with Gasteiger partial charge in [0.2, 0.25) is 0 Å². The molecule has 1 aromatic rings. The van der Waals surface area contributed by atoms with E-state index in [1.807, 2.05) is 39.2 Å². The number of hydrogen-bond donors (Lipinski definition) is 1. The number of rotatable bonds is 2. The summed E-state index contributed by atoms with van der Waals surface area (Å²) in [6.45, 7) is 5.50. The third-order valence-corrected chi connectivity index (χ3v) is 2.99. The van der Waals surface area contributed by atoms with Gasteiger partial charge in [0.1, 0.15) is 5.60 Å².